The van der Waals surface area contributed by atoms with Crippen molar-refractivity contribution in [3.8, 4) is 0 Å². The third-order valence-electron chi connectivity index (χ3n) is 4.44. The van der Waals surface area contributed by atoms with Crippen molar-refractivity contribution in [2.75, 3.05) is 0 Å². The third-order valence-corrected chi connectivity index (χ3v) is 4.44. The first kappa shape index (κ1) is 16.3. The molecule has 0 aliphatic heterocycles. The number of unbranched alkanes of at least 4 members (excludes halogenated alkanes) is 5. The molecule has 0 aromatic heterocycles. The molecule has 0 aliphatic carbocycles. The second-order valence-corrected chi connectivity index (χ2v) is 6.70. The van der Waals surface area contributed by atoms with Gasteiger partial charge in [0.15, 0.2) is 0 Å². The Morgan fingerprint density at radius 3 is 2.11 bits per heavy atom. The first-order chi connectivity index (χ1) is 8.97. The molecule has 0 N–H and O–H groups in total. The Morgan fingerprint density at radius 2 is 1.47 bits per heavy atom. The molecule has 0 amide bonds. The third kappa shape index (κ3) is 5.38. The molecule has 0 heteroatoms. The lowest BCUT2D eigenvalue weighted by Crippen LogP contribution is -2.17. The van der Waals surface area contributed by atoms with Crippen LogP contribution in [0.2, 0.25) is 0 Å². The van der Waals surface area contributed by atoms with E-state index >= 15 is 0 Å². The van der Waals surface area contributed by atoms with Gasteiger partial charge in [0.1, 0.15) is 0 Å². The zero-order chi connectivity index (χ0) is 14.3. The molecule has 0 unspecified atom stereocenters. The van der Waals surface area contributed by atoms with Crippen LogP contribution < -0.4 is 0 Å². The van der Waals surface area contributed by atoms with Gasteiger partial charge in [-0.3, -0.25) is 0 Å². The zero-order valence-corrected chi connectivity index (χ0v) is 13.7. The van der Waals surface area contributed by atoms with Crippen LogP contribution in [0.25, 0.3) is 0 Å². The summed E-state index contributed by atoms with van der Waals surface area (Å²) in [6, 6.07) is 6.97. The average molecular weight is 260 g/mol. The SMILES string of the molecule is CCCCCCCCC(C)(C)c1ccc(C)c(C)c1. The van der Waals surface area contributed by atoms with Gasteiger partial charge in [0.25, 0.3) is 0 Å². The molecular formula is C19H32. The van der Waals surface area contributed by atoms with Crippen molar-refractivity contribution in [3.05, 3.63) is 34.9 Å². The molecule has 0 bridgehead atoms. The molecule has 0 nitrogen and oxygen atoms in total. The van der Waals surface area contributed by atoms with Crippen molar-refractivity contribution < 1.29 is 0 Å². The molecule has 1 aromatic rings. The summed E-state index contributed by atoms with van der Waals surface area (Å²) in [6.45, 7) is 11.5. The second kappa shape index (κ2) is 7.72. The first-order valence-electron chi connectivity index (χ1n) is 8.05. The predicted octanol–water partition coefficient (Wildman–Crippen LogP) is 6.33. The summed E-state index contributed by atoms with van der Waals surface area (Å²) >= 11 is 0. The maximum Gasteiger partial charge on any atom is -0.0103 e. The van der Waals surface area contributed by atoms with Gasteiger partial charge in [-0.1, -0.05) is 77.5 Å². The van der Waals surface area contributed by atoms with Gasteiger partial charge in [0.2, 0.25) is 0 Å². The van der Waals surface area contributed by atoms with Crippen molar-refractivity contribution in [1.29, 1.82) is 0 Å². The van der Waals surface area contributed by atoms with E-state index < -0.39 is 0 Å². The van der Waals surface area contributed by atoms with Crippen LogP contribution in [0.1, 0.15) is 82.4 Å². The van der Waals surface area contributed by atoms with E-state index in [9.17, 15) is 0 Å². The highest BCUT2D eigenvalue weighted by atomic mass is 14.2. The monoisotopic (exact) mass is 260 g/mol. The number of hydrogen-bond donors (Lipinski definition) is 0. The van der Waals surface area contributed by atoms with Gasteiger partial charge in [-0.25, -0.2) is 0 Å². The van der Waals surface area contributed by atoms with Crippen molar-refractivity contribution in [1.82, 2.24) is 0 Å². The van der Waals surface area contributed by atoms with Gasteiger partial charge in [-0.15, -0.1) is 0 Å². The molecule has 0 fully saturated rings. The molecule has 0 atom stereocenters. The number of aryl methyl sites for hydroxylation is 2. The Kier molecular flexibility index (Phi) is 6.62. The van der Waals surface area contributed by atoms with E-state index in [1.54, 1.807) is 0 Å². The Morgan fingerprint density at radius 1 is 0.842 bits per heavy atom. The highest BCUT2D eigenvalue weighted by Gasteiger charge is 2.20. The zero-order valence-electron chi connectivity index (χ0n) is 13.7. The number of hydrogen-bond acceptors (Lipinski definition) is 0. The summed E-state index contributed by atoms with van der Waals surface area (Å²) < 4.78 is 0. The van der Waals surface area contributed by atoms with Crippen LogP contribution in [0, 0.1) is 13.8 Å². The van der Waals surface area contributed by atoms with Gasteiger partial charge in [-0.05, 0) is 42.4 Å². The van der Waals surface area contributed by atoms with Crippen LogP contribution >= 0.6 is 0 Å². The molecule has 108 valence electrons. The largest absolute Gasteiger partial charge is 0.0654 e. The quantitative estimate of drug-likeness (QED) is 0.479. The van der Waals surface area contributed by atoms with Crippen LogP contribution in [0.4, 0.5) is 0 Å². The number of benzene rings is 1. The van der Waals surface area contributed by atoms with Crippen LogP contribution in [-0.4, -0.2) is 0 Å². The van der Waals surface area contributed by atoms with E-state index in [0.29, 0.717) is 5.41 Å². The lowest BCUT2D eigenvalue weighted by atomic mass is 9.79. The lowest BCUT2D eigenvalue weighted by Gasteiger charge is -2.26. The molecule has 0 saturated carbocycles. The van der Waals surface area contributed by atoms with Crippen molar-refractivity contribution >= 4 is 0 Å². The minimum Gasteiger partial charge on any atom is -0.0654 e. The van der Waals surface area contributed by atoms with Crippen molar-refractivity contribution in [2.24, 2.45) is 0 Å². The van der Waals surface area contributed by atoms with Crippen molar-refractivity contribution in [2.45, 2.75) is 85.0 Å². The predicted molar refractivity (Wildman–Crippen MR) is 86.9 cm³/mol. The van der Waals surface area contributed by atoms with Crippen LogP contribution in [0.15, 0.2) is 18.2 Å². The molecule has 1 rings (SSSR count). The summed E-state index contributed by atoms with van der Waals surface area (Å²) in [7, 11) is 0. The first-order valence-corrected chi connectivity index (χ1v) is 8.05. The van der Waals surface area contributed by atoms with Gasteiger partial charge in [-0.2, -0.15) is 0 Å². The smallest absolute Gasteiger partial charge is 0.0103 e. The summed E-state index contributed by atoms with van der Waals surface area (Å²) in [5.74, 6) is 0. The molecule has 0 heterocycles. The fourth-order valence-electron chi connectivity index (χ4n) is 2.65. The van der Waals surface area contributed by atoms with Gasteiger partial charge >= 0.3 is 0 Å². The fraction of sp³-hybridized carbons (Fsp3) is 0.684. The molecule has 0 radical (unpaired) electrons. The average Bonchev–Trinajstić information content (AvgIpc) is 2.36. The standard InChI is InChI=1S/C19H32/c1-6-7-8-9-10-11-14-19(4,5)18-13-12-16(2)17(3)15-18/h12-13,15H,6-11,14H2,1-5H3. The van der Waals surface area contributed by atoms with E-state index in [4.69, 9.17) is 0 Å². The Bertz CT molecular complexity index is 374. The molecule has 19 heavy (non-hydrogen) atoms. The van der Waals surface area contributed by atoms with E-state index in [2.05, 4.69) is 52.8 Å². The maximum absolute atomic E-state index is 2.39. The van der Waals surface area contributed by atoms with Gasteiger partial charge in [0, 0.05) is 0 Å². The highest BCUT2D eigenvalue weighted by molar-refractivity contribution is 5.33. The normalized spacial score (nSPS) is 11.8. The van der Waals surface area contributed by atoms with Crippen molar-refractivity contribution in [3.63, 3.8) is 0 Å². The molecule has 1 aromatic carbocycles. The van der Waals surface area contributed by atoms with E-state index in [0.717, 1.165) is 0 Å². The van der Waals surface area contributed by atoms with Crippen LogP contribution in [-0.2, 0) is 5.41 Å². The molecular weight excluding hydrogens is 228 g/mol. The van der Waals surface area contributed by atoms with Gasteiger partial charge in [0.05, 0.1) is 0 Å². The molecule has 0 aliphatic rings. The van der Waals surface area contributed by atoms with E-state index in [1.807, 2.05) is 0 Å². The Balaban J connectivity index is 2.44. The summed E-state index contributed by atoms with van der Waals surface area (Å²) in [5.41, 5.74) is 4.65. The van der Waals surface area contributed by atoms with Crippen LogP contribution in [0.3, 0.4) is 0 Å². The molecule has 0 spiro atoms. The second-order valence-electron chi connectivity index (χ2n) is 6.70. The topological polar surface area (TPSA) is 0 Å². The number of rotatable bonds is 8. The van der Waals surface area contributed by atoms with Gasteiger partial charge < -0.3 is 0 Å². The Labute approximate surface area is 120 Å². The van der Waals surface area contributed by atoms with Crippen LogP contribution in [0.5, 0.6) is 0 Å². The minimum atomic E-state index is 0.323. The van der Waals surface area contributed by atoms with E-state index in [-0.39, 0.29) is 0 Å². The lowest BCUT2D eigenvalue weighted by molar-refractivity contribution is 0.442. The minimum absolute atomic E-state index is 0.323. The summed E-state index contributed by atoms with van der Waals surface area (Å²) in [6.07, 6.45) is 9.64. The maximum atomic E-state index is 2.39. The molecule has 0 saturated heterocycles. The Hall–Kier alpha value is -0.780. The van der Waals surface area contributed by atoms with E-state index in [1.165, 1.54) is 61.6 Å². The fourth-order valence-corrected chi connectivity index (χ4v) is 2.65. The summed E-state index contributed by atoms with van der Waals surface area (Å²) in [4.78, 5) is 0. The summed E-state index contributed by atoms with van der Waals surface area (Å²) in [5, 5.41) is 0. The highest BCUT2D eigenvalue weighted by Crippen LogP contribution is 2.30.